The molecule has 0 saturated heterocycles. The van der Waals surface area contributed by atoms with E-state index in [0.29, 0.717) is 17.9 Å². The van der Waals surface area contributed by atoms with Gasteiger partial charge in [-0.05, 0) is 37.6 Å². The summed E-state index contributed by atoms with van der Waals surface area (Å²) in [7, 11) is 0. The van der Waals surface area contributed by atoms with Crippen molar-refractivity contribution in [2.24, 2.45) is 0 Å². The van der Waals surface area contributed by atoms with Crippen LogP contribution in [0.25, 0.3) is 16.8 Å². The van der Waals surface area contributed by atoms with Crippen molar-refractivity contribution in [2.45, 2.75) is 25.5 Å². The molecule has 0 unspecified atom stereocenters. The molecule has 132 valence electrons. The predicted molar refractivity (Wildman–Crippen MR) is 102 cm³/mol. The molecule has 0 atom stereocenters. The first-order chi connectivity index (χ1) is 12.6. The third-order valence-electron chi connectivity index (χ3n) is 4.27. The highest BCUT2D eigenvalue weighted by molar-refractivity contribution is 7.99. The first-order valence-corrected chi connectivity index (χ1v) is 9.33. The summed E-state index contributed by atoms with van der Waals surface area (Å²) in [6.45, 7) is 4.55. The van der Waals surface area contributed by atoms with Gasteiger partial charge >= 0.3 is 5.76 Å². The van der Waals surface area contributed by atoms with Gasteiger partial charge in [-0.1, -0.05) is 42.1 Å². The Morgan fingerprint density at radius 1 is 1.04 bits per heavy atom. The molecule has 0 radical (unpaired) electrons. The Bertz CT molecular complexity index is 1130. The Morgan fingerprint density at radius 3 is 2.65 bits per heavy atom. The van der Waals surface area contributed by atoms with Crippen LogP contribution in [0.1, 0.15) is 11.4 Å². The zero-order valence-corrected chi connectivity index (χ0v) is 15.4. The van der Waals surface area contributed by atoms with E-state index in [0.717, 1.165) is 27.7 Å². The Labute approximate surface area is 154 Å². The van der Waals surface area contributed by atoms with Crippen LogP contribution in [0.2, 0.25) is 0 Å². The maximum Gasteiger partial charge on any atom is 0.419 e. The SMILES string of the molecule is Cc1ccccc1-n1c(C)nnc1SCCn1c(=O)oc2ccccc21. The minimum absolute atomic E-state index is 0.330. The number of thioether (sulfide) groups is 1. The Kier molecular flexibility index (Phi) is 4.38. The van der Waals surface area contributed by atoms with Crippen LogP contribution in [0.4, 0.5) is 0 Å². The summed E-state index contributed by atoms with van der Waals surface area (Å²) in [6, 6.07) is 15.6. The fourth-order valence-corrected chi connectivity index (χ4v) is 3.90. The molecule has 0 aliphatic heterocycles. The molecule has 6 nitrogen and oxygen atoms in total. The number of benzene rings is 2. The van der Waals surface area contributed by atoms with Crippen LogP contribution in [0, 0.1) is 13.8 Å². The second kappa shape index (κ2) is 6.84. The average Bonchev–Trinajstić information content (AvgIpc) is 3.16. The van der Waals surface area contributed by atoms with Crippen molar-refractivity contribution < 1.29 is 4.42 Å². The van der Waals surface area contributed by atoms with Gasteiger partial charge in [0.2, 0.25) is 0 Å². The van der Waals surface area contributed by atoms with Crippen LogP contribution in [0.3, 0.4) is 0 Å². The molecule has 4 rings (SSSR count). The second-order valence-corrected chi connectivity index (χ2v) is 7.05. The summed E-state index contributed by atoms with van der Waals surface area (Å²) in [4.78, 5) is 12.1. The van der Waals surface area contributed by atoms with Crippen molar-refractivity contribution in [3.8, 4) is 5.69 Å². The molecule has 2 aromatic heterocycles. The molecule has 0 saturated carbocycles. The second-order valence-electron chi connectivity index (χ2n) is 5.99. The molecule has 2 aromatic carbocycles. The van der Waals surface area contributed by atoms with E-state index in [2.05, 4.69) is 33.8 Å². The number of oxazole rings is 1. The first kappa shape index (κ1) is 16.7. The number of hydrogen-bond acceptors (Lipinski definition) is 5. The van der Waals surface area contributed by atoms with Crippen LogP contribution in [-0.4, -0.2) is 25.1 Å². The molecule has 0 N–H and O–H groups in total. The largest absolute Gasteiger partial charge is 0.419 e. The van der Waals surface area contributed by atoms with E-state index in [1.165, 1.54) is 0 Å². The molecule has 0 fully saturated rings. The topological polar surface area (TPSA) is 65.8 Å². The van der Waals surface area contributed by atoms with Crippen LogP contribution in [0.5, 0.6) is 0 Å². The van der Waals surface area contributed by atoms with E-state index < -0.39 is 0 Å². The number of hydrogen-bond donors (Lipinski definition) is 0. The van der Waals surface area contributed by atoms with Crippen molar-refractivity contribution in [1.82, 2.24) is 19.3 Å². The summed E-state index contributed by atoms with van der Waals surface area (Å²) >= 11 is 1.57. The van der Waals surface area contributed by atoms with Crippen LogP contribution in [-0.2, 0) is 6.54 Å². The fourth-order valence-electron chi connectivity index (χ4n) is 2.98. The highest BCUT2D eigenvalue weighted by Crippen LogP contribution is 2.24. The van der Waals surface area contributed by atoms with Crippen LogP contribution >= 0.6 is 11.8 Å². The minimum Gasteiger partial charge on any atom is -0.408 e. The van der Waals surface area contributed by atoms with E-state index in [1.54, 1.807) is 22.4 Å². The molecular formula is C19H18N4O2S. The lowest BCUT2D eigenvalue weighted by Gasteiger charge is -2.11. The van der Waals surface area contributed by atoms with Gasteiger partial charge in [0, 0.05) is 12.3 Å². The van der Waals surface area contributed by atoms with Crippen molar-refractivity contribution in [3.63, 3.8) is 0 Å². The molecule has 0 bridgehead atoms. The van der Waals surface area contributed by atoms with E-state index in [4.69, 9.17) is 4.42 Å². The highest BCUT2D eigenvalue weighted by Gasteiger charge is 2.14. The summed E-state index contributed by atoms with van der Waals surface area (Å²) in [5.41, 5.74) is 3.66. The maximum absolute atomic E-state index is 12.1. The van der Waals surface area contributed by atoms with Crippen molar-refractivity contribution >= 4 is 22.9 Å². The van der Waals surface area contributed by atoms with Gasteiger partial charge in [-0.15, -0.1) is 10.2 Å². The average molecular weight is 366 g/mol. The zero-order valence-electron chi connectivity index (χ0n) is 14.5. The predicted octanol–water partition coefficient (Wildman–Crippen LogP) is 3.58. The molecular weight excluding hydrogens is 348 g/mol. The van der Waals surface area contributed by atoms with E-state index in [9.17, 15) is 4.79 Å². The summed E-state index contributed by atoms with van der Waals surface area (Å²) in [6.07, 6.45) is 0. The summed E-state index contributed by atoms with van der Waals surface area (Å²) < 4.78 is 8.99. The van der Waals surface area contributed by atoms with Crippen molar-refractivity contribution in [2.75, 3.05) is 5.75 Å². The number of fused-ring (bicyclic) bond motifs is 1. The third kappa shape index (κ3) is 2.94. The van der Waals surface area contributed by atoms with E-state index in [1.807, 2.05) is 37.3 Å². The van der Waals surface area contributed by atoms with Gasteiger partial charge in [-0.25, -0.2) is 4.79 Å². The van der Waals surface area contributed by atoms with Gasteiger partial charge in [0.1, 0.15) is 5.82 Å². The first-order valence-electron chi connectivity index (χ1n) is 8.34. The molecule has 0 spiro atoms. The van der Waals surface area contributed by atoms with Crippen LogP contribution in [0.15, 0.2) is 62.9 Å². The normalized spacial score (nSPS) is 11.3. The minimum atomic E-state index is -0.330. The number of para-hydroxylation sites is 3. The van der Waals surface area contributed by atoms with Crippen LogP contribution < -0.4 is 5.76 Å². The smallest absolute Gasteiger partial charge is 0.408 e. The zero-order chi connectivity index (χ0) is 18.1. The monoisotopic (exact) mass is 366 g/mol. The van der Waals surface area contributed by atoms with Gasteiger partial charge in [-0.3, -0.25) is 9.13 Å². The van der Waals surface area contributed by atoms with Crippen molar-refractivity contribution in [1.29, 1.82) is 0 Å². The summed E-state index contributed by atoms with van der Waals surface area (Å²) in [5, 5.41) is 9.34. The van der Waals surface area contributed by atoms with E-state index in [-0.39, 0.29) is 5.76 Å². The lowest BCUT2D eigenvalue weighted by atomic mass is 10.2. The van der Waals surface area contributed by atoms with Gasteiger partial charge in [0.25, 0.3) is 0 Å². The lowest BCUT2D eigenvalue weighted by Crippen LogP contribution is -2.15. The van der Waals surface area contributed by atoms with Crippen molar-refractivity contribution in [3.05, 3.63) is 70.5 Å². The Morgan fingerprint density at radius 2 is 1.81 bits per heavy atom. The highest BCUT2D eigenvalue weighted by atomic mass is 32.2. The maximum atomic E-state index is 12.1. The molecule has 26 heavy (non-hydrogen) atoms. The standard InChI is InChI=1S/C19H18N4O2S/c1-13-7-3-4-8-15(13)23-14(2)20-21-18(23)26-12-11-22-16-9-5-6-10-17(16)25-19(22)24/h3-10H,11-12H2,1-2H3. The lowest BCUT2D eigenvalue weighted by molar-refractivity contribution is 0.514. The molecule has 0 aliphatic rings. The molecule has 0 aliphatic carbocycles. The van der Waals surface area contributed by atoms with Gasteiger partial charge in [-0.2, -0.15) is 0 Å². The fraction of sp³-hybridized carbons (Fsp3) is 0.211. The number of nitrogens with zero attached hydrogens (tertiary/aromatic N) is 4. The van der Waals surface area contributed by atoms with Gasteiger partial charge < -0.3 is 4.42 Å². The summed E-state index contributed by atoms with van der Waals surface area (Å²) in [5.74, 6) is 1.20. The molecule has 4 aromatic rings. The van der Waals surface area contributed by atoms with E-state index >= 15 is 0 Å². The molecule has 0 amide bonds. The Balaban J connectivity index is 1.57. The quantitative estimate of drug-likeness (QED) is 0.505. The molecule has 7 heteroatoms. The third-order valence-corrected chi connectivity index (χ3v) is 5.18. The van der Waals surface area contributed by atoms with Gasteiger partial charge in [0.05, 0.1) is 11.2 Å². The molecule has 2 heterocycles. The van der Waals surface area contributed by atoms with Gasteiger partial charge in [0.15, 0.2) is 10.7 Å². The Hall–Kier alpha value is -2.80. The number of rotatable bonds is 5. The number of aromatic nitrogens is 4. The number of aryl methyl sites for hydroxylation is 3.